The first-order valence-corrected chi connectivity index (χ1v) is 4.61. The average Bonchev–Trinajstić information content (AvgIpc) is 2.51. The minimum absolute atomic E-state index is 0.219. The number of hydrogen-bond acceptors (Lipinski definition) is 5. The maximum atomic E-state index is 5.37. The van der Waals surface area contributed by atoms with Crippen LogP contribution in [0, 0.1) is 0 Å². The number of hydrogen-bond donors (Lipinski definition) is 2. The standard InChI is InChI=1S/C8H16N4O/c9-6-4-2-1-3-5-7-11-8(10)12-13-7/h1-6,9H2,(H2,10,12). The van der Waals surface area contributed by atoms with Gasteiger partial charge in [0.1, 0.15) is 0 Å². The van der Waals surface area contributed by atoms with Gasteiger partial charge < -0.3 is 16.0 Å². The van der Waals surface area contributed by atoms with Crippen LogP contribution in [0.25, 0.3) is 0 Å². The topological polar surface area (TPSA) is 91.0 Å². The third kappa shape index (κ3) is 3.89. The molecule has 0 aliphatic heterocycles. The molecule has 0 aliphatic carbocycles. The van der Waals surface area contributed by atoms with Crippen LogP contribution < -0.4 is 11.5 Å². The first-order valence-electron chi connectivity index (χ1n) is 4.61. The zero-order valence-electron chi connectivity index (χ0n) is 7.70. The SMILES string of the molecule is NCCCCCCc1nc(N)no1. The van der Waals surface area contributed by atoms with Crippen LogP contribution in [0.1, 0.15) is 31.6 Å². The number of nitrogens with two attached hydrogens (primary N) is 2. The van der Waals surface area contributed by atoms with Crippen LogP contribution in [0.15, 0.2) is 4.52 Å². The molecule has 0 radical (unpaired) electrons. The van der Waals surface area contributed by atoms with Gasteiger partial charge in [0.25, 0.3) is 5.95 Å². The highest BCUT2D eigenvalue weighted by Crippen LogP contribution is 2.06. The van der Waals surface area contributed by atoms with Gasteiger partial charge >= 0.3 is 0 Å². The van der Waals surface area contributed by atoms with Crippen LogP contribution in [-0.2, 0) is 6.42 Å². The molecule has 0 fully saturated rings. The molecule has 0 aromatic carbocycles. The molecule has 0 amide bonds. The third-order valence-corrected chi connectivity index (χ3v) is 1.83. The van der Waals surface area contributed by atoms with Crippen molar-refractivity contribution in [2.45, 2.75) is 32.1 Å². The molecular formula is C8H16N4O. The van der Waals surface area contributed by atoms with Gasteiger partial charge in [0.05, 0.1) is 0 Å². The first-order chi connectivity index (χ1) is 6.33. The van der Waals surface area contributed by atoms with E-state index in [0.717, 1.165) is 32.2 Å². The van der Waals surface area contributed by atoms with E-state index in [-0.39, 0.29) is 5.95 Å². The Labute approximate surface area is 77.5 Å². The lowest BCUT2D eigenvalue weighted by atomic mass is 10.1. The Morgan fingerprint density at radius 3 is 2.54 bits per heavy atom. The number of unbranched alkanes of at least 4 members (excludes halogenated alkanes) is 3. The Bertz CT molecular complexity index is 236. The normalized spacial score (nSPS) is 10.5. The van der Waals surface area contributed by atoms with Gasteiger partial charge in [-0.05, 0) is 24.5 Å². The molecule has 0 bridgehead atoms. The van der Waals surface area contributed by atoms with Gasteiger partial charge in [0, 0.05) is 6.42 Å². The van der Waals surface area contributed by atoms with Crippen LogP contribution in [0.5, 0.6) is 0 Å². The lowest BCUT2D eigenvalue weighted by Gasteiger charge is -1.95. The van der Waals surface area contributed by atoms with Crippen molar-refractivity contribution < 1.29 is 4.52 Å². The van der Waals surface area contributed by atoms with Crippen LogP contribution in [0.2, 0.25) is 0 Å². The molecule has 74 valence electrons. The Morgan fingerprint density at radius 1 is 1.15 bits per heavy atom. The van der Waals surface area contributed by atoms with E-state index in [2.05, 4.69) is 10.1 Å². The van der Waals surface area contributed by atoms with Crippen LogP contribution >= 0.6 is 0 Å². The largest absolute Gasteiger partial charge is 0.365 e. The van der Waals surface area contributed by atoms with E-state index in [9.17, 15) is 0 Å². The van der Waals surface area contributed by atoms with Crippen LogP contribution in [-0.4, -0.2) is 16.7 Å². The summed E-state index contributed by atoms with van der Waals surface area (Å²) in [4.78, 5) is 3.90. The number of anilines is 1. The van der Waals surface area contributed by atoms with Crippen molar-refractivity contribution in [1.82, 2.24) is 10.1 Å². The summed E-state index contributed by atoms with van der Waals surface area (Å²) < 4.78 is 4.86. The van der Waals surface area contributed by atoms with Crippen molar-refractivity contribution in [1.29, 1.82) is 0 Å². The lowest BCUT2D eigenvalue weighted by Crippen LogP contribution is -1.97. The second kappa shape index (κ2) is 5.53. The van der Waals surface area contributed by atoms with Gasteiger partial charge in [-0.25, -0.2) is 0 Å². The molecule has 0 spiro atoms. The second-order valence-corrected chi connectivity index (χ2v) is 3.00. The molecule has 0 aliphatic rings. The summed E-state index contributed by atoms with van der Waals surface area (Å²) in [5, 5.41) is 3.50. The van der Waals surface area contributed by atoms with Gasteiger partial charge in [0.15, 0.2) is 0 Å². The molecule has 13 heavy (non-hydrogen) atoms. The number of aryl methyl sites for hydroxylation is 1. The molecule has 0 saturated carbocycles. The van der Waals surface area contributed by atoms with Crippen molar-refractivity contribution >= 4 is 5.95 Å². The Kier molecular flexibility index (Phi) is 4.25. The van der Waals surface area contributed by atoms with E-state index in [1.54, 1.807) is 0 Å². The van der Waals surface area contributed by atoms with Crippen molar-refractivity contribution in [2.75, 3.05) is 12.3 Å². The molecular weight excluding hydrogens is 168 g/mol. The quantitative estimate of drug-likeness (QED) is 0.635. The summed E-state index contributed by atoms with van der Waals surface area (Å²) >= 11 is 0. The molecule has 5 nitrogen and oxygen atoms in total. The van der Waals surface area contributed by atoms with E-state index in [4.69, 9.17) is 16.0 Å². The molecule has 5 heteroatoms. The minimum atomic E-state index is 0.219. The zero-order chi connectivity index (χ0) is 9.52. The van der Waals surface area contributed by atoms with E-state index in [1.165, 1.54) is 6.42 Å². The summed E-state index contributed by atoms with van der Waals surface area (Å²) in [5.74, 6) is 0.849. The number of nitrogens with zero attached hydrogens (tertiary/aromatic N) is 2. The fraction of sp³-hybridized carbons (Fsp3) is 0.750. The average molecular weight is 184 g/mol. The molecule has 1 rings (SSSR count). The molecule has 1 aromatic heterocycles. The van der Waals surface area contributed by atoms with Crippen molar-refractivity contribution in [2.24, 2.45) is 5.73 Å². The van der Waals surface area contributed by atoms with E-state index in [0.29, 0.717) is 5.89 Å². The molecule has 1 aromatic rings. The summed E-state index contributed by atoms with van der Waals surface area (Å²) in [7, 11) is 0. The summed E-state index contributed by atoms with van der Waals surface area (Å²) in [5.41, 5.74) is 10.7. The van der Waals surface area contributed by atoms with E-state index in [1.807, 2.05) is 0 Å². The van der Waals surface area contributed by atoms with Gasteiger partial charge in [-0.15, -0.1) is 0 Å². The number of rotatable bonds is 6. The minimum Gasteiger partial charge on any atom is -0.365 e. The Morgan fingerprint density at radius 2 is 1.92 bits per heavy atom. The highest BCUT2D eigenvalue weighted by Gasteiger charge is 2.01. The molecule has 4 N–H and O–H groups in total. The number of nitrogen functional groups attached to an aromatic ring is 1. The highest BCUT2D eigenvalue weighted by molar-refractivity contribution is 5.10. The zero-order valence-corrected chi connectivity index (χ0v) is 7.70. The van der Waals surface area contributed by atoms with Crippen molar-refractivity contribution in [3.63, 3.8) is 0 Å². The van der Waals surface area contributed by atoms with Gasteiger partial charge in [-0.1, -0.05) is 12.8 Å². The van der Waals surface area contributed by atoms with Crippen molar-refractivity contribution in [3.05, 3.63) is 5.89 Å². The van der Waals surface area contributed by atoms with Gasteiger partial charge in [-0.2, -0.15) is 4.98 Å². The van der Waals surface area contributed by atoms with Crippen molar-refractivity contribution in [3.8, 4) is 0 Å². The van der Waals surface area contributed by atoms with Gasteiger partial charge in [0.2, 0.25) is 5.89 Å². The molecule has 0 atom stereocenters. The van der Waals surface area contributed by atoms with E-state index >= 15 is 0 Å². The Hall–Kier alpha value is -1.10. The number of aromatic nitrogens is 2. The first kappa shape index (κ1) is 9.98. The molecule has 0 saturated heterocycles. The van der Waals surface area contributed by atoms with Crippen LogP contribution in [0.3, 0.4) is 0 Å². The fourth-order valence-electron chi connectivity index (χ4n) is 1.14. The maximum absolute atomic E-state index is 5.37. The molecule has 1 heterocycles. The van der Waals surface area contributed by atoms with Gasteiger partial charge in [-0.3, -0.25) is 0 Å². The predicted molar refractivity (Wildman–Crippen MR) is 49.9 cm³/mol. The monoisotopic (exact) mass is 184 g/mol. The predicted octanol–water partition coefficient (Wildman–Crippen LogP) is 0.713. The molecule has 0 unspecified atom stereocenters. The second-order valence-electron chi connectivity index (χ2n) is 3.00. The summed E-state index contributed by atoms with van der Waals surface area (Å²) in [6, 6.07) is 0. The third-order valence-electron chi connectivity index (χ3n) is 1.83. The maximum Gasteiger partial charge on any atom is 0.260 e. The smallest absolute Gasteiger partial charge is 0.260 e. The summed E-state index contributed by atoms with van der Waals surface area (Å²) in [6.07, 6.45) is 5.28. The Balaban J connectivity index is 2.06. The van der Waals surface area contributed by atoms with Crippen LogP contribution in [0.4, 0.5) is 5.95 Å². The fourth-order valence-corrected chi connectivity index (χ4v) is 1.14. The van der Waals surface area contributed by atoms with E-state index < -0.39 is 0 Å². The highest BCUT2D eigenvalue weighted by atomic mass is 16.5. The lowest BCUT2D eigenvalue weighted by molar-refractivity contribution is 0.374. The summed E-state index contributed by atoms with van der Waals surface area (Å²) in [6.45, 7) is 0.771.